The standard InChI is InChI=1S/C25H34Cl2N2O4/c1-25(2,19-5-8-24(23(27)13-19)33-16-20(30)14-26)18-3-6-22(7-4-18)32-17-21(31)15-29-11-9-28-10-12-29/h3-8,13,20-21,28,30-31H,9-12,14-17H2,1-2H3/t20-,21+/m0/s1. The molecular weight excluding hydrogens is 463 g/mol. The molecule has 3 rings (SSSR count). The highest BCUT2D eigenvalue weighted by atomic mass is 35.5. The van der Waals surface area contributed by atoms with Gasteiger partial charge in [-0.25, -0.2) is 0 Å². The van der Waals surface area contributed by atoms with Gasteiger partial charge >= 0.3 is 0 Å². The maximum Gasteiger partial charge on any atom is 0.138 e. The van der Waals surface area contributed by atoms with Gasteiger partial charge in [0.05, 0.1) is 10.9 Å². The number of aliphatic hydroxyl groups is 2. The molecule has 2 atom stereocenters. The zero-order chi connectivity index (χ0) is 23.8. The lowest BCUT2D eigenvalue weighted by atomic mass is 9.78. The molecule has 182 valence electrons. The van der Waals surface area contributed by atoms with Crippen molar-refractivity contribution < 1.29 is 19.7 Å². The van der Waals surface area contributed by atoms with Crippen molar-refractivity contribution in [3.63, 3.8) is 0 Å². The second-order valence-corrected chi connectivity index (χ2v) is 9.64. The third kappa shape index (κ3) is 7.47. The normalized spacial score (nSPS) is 16.9. The van der Waals surface area contributed by atoms with Crippen molar-refractivity contribution >= 4 is 23.2 Å². The number of β-amino-alcohol motifs (C(OH)–C–C–N with tert-alkyl or cyclic N) is 1. The lowest BCUT2D eigenvalue weighted by Gasteiger charge is -2.29. The lowest BCUT2D eigenvalue weighted by molar-refractivity contribution is 0.0641. The first-order valence-corrected chi connectivity index (χ1v) is 12.2. The third-order valence-electron chi connectivity index (χ3n) is 5.96. The van der Waals surface area contributed by atoms with Crippen LogP contribution in [0.25, 0.3) is 0 Å². The number of piperazine rings is 1. The van der Waals surface area contributed by atoms with Crippen molar-refractivity contribution in [1.82, 2.24) is 10.2 Å². The van der Waals surface area contributed by atoms with Gasteiger partial charge in [0.1, 0.15) is 36.9 Å². The fourth-order valence-corrected chi connectivity index (χ4v) is 4.13. The van der Waals surface area contributed by atoms with Crippen LogP contribution in [0, 0.1) is 0 Å². The summed E-state index contributed by atoms with van der Waals surface area (Å²) in [5.74, 6) is 1.36. The van der Waals surface area contributed by atoms with Crippen LogP contribution < -0.4 is 14.8 Å². The number of hydrogen-bond acceptors (Lipinski definition) is 6. The summed E-state index contributed by atoms with van der Waals surface area (Å²) in [5, 5.41) is 23.7. The Hall–Kier alpha value is -1.54. The summed E-state index contributed by atoms with van der Waals surface area (Å²) in [6, 6.07) is 13.6. The molecule has 2 aromatic rings. The van der Waals surface area contributed by atoms with Crippen LogP contribution in [-0.4, -0.2) is 79.1 Å². The van der Waals surface area contributed by atoms with E-state index in [-0.39, 0.29) is 24.5 Å². The van der Waals surface area contributed by atoms with Gasteiger partial charge < -0.3 is 25.0 Å². The van der Waals surface area contributed by atoms with Crippen molar-refractivity contribution in [2.45, 2.75) is 31.5 Å². The Morgan fingerprint density at radius 3 is 2.24 bits per heavy atom. The quantitative estimate of drug-likeness (QED) is 0.414. The Balaban J connectivity index is 1.57. The summed E-state index contributed by atoms with van der Waals surface area (Å²) in [5.41, 5.74) is 1.86. The maximum atomic E-state index is 10.3. The van der Waals surface area contributed by atoms with E-state index in [2.05, 4.69) is 24.1 Å². The van der Waals surface area contributed by atoms with Gasteiger partial charge in [0, 0.05) is 38.1 Å². The highest BCUT2D eigenvalue weighted by molar-refractivity contribution is 6.32. The Morgan fingerprint density at radius 1 is 0.970 bits per heavy atom. The molecule has 1 fully saturated rings. The Morgan fingerprint density at radius 2 is 1.61 bits per heavy atom. The molecule has 3 N–H and O–H groups in total. The van der Waals surface area contributed by atoms with Crippen molar-refractivity contribution in [3.8, 4) is 11.5 Å². The average molecular weight is 497 g/mol. The number of aliphatic hydroxyl groups excluding tert-OH is 2. The fourth-order valence-electron chi connectivity index (χ4n) is 3.81. The van der Waals surface area contributed by atoms with E-state index in [1.165, 1.54) is 0 Å². The monoisotopic (exact) mass is 496 g/mol. The Bertz CT molecular complexity index is 873. The number of benzene rings is 2. The van der Waals surface area contributed by atoms with Crippen molar-refractivity contribution in [2.75, 3.05) is 51.8 Å². The van der Waals surface area contributed by atoms with E-state index in [0.717, 1.165) is 43.1 Å². The molecule has 0 amide bonds. The minimum absolute atomic E-state index is 0.0946. The topological polar surface area (TPSA) is 74.2 Å². The van der Waals surface area contributed by atoms with Crippen LogP contribution in [0.4, 0.5) is 0 Å². The van der Waals surface area contributed by atoms with Gasteiger partial charge in [-0.05, 0) is 35.4 Å². The van der Waals surface area contributed by atoms with Gasteiger partial charge in [0.15, 0.2) is 0 Å². The Labute approximate surface area is 206 Å². The summed E-state index contributed by atoms with van der Waals surface area (Å²) >= 11 is 12.0. The molecule has 8 heteroatoms. The number of halogens is 2. The molecule has 33 heavy (non-hydrogen) atoms. The smallest absolute Gasteiger partial charge is 0.138 e. The van der Waals surface area contributed by atoms with E-state index in [4.69, 9.17) is 32.7 Å². The molecule has 1 saturated heterocycles. The highest BCUT2D eigenvalue weighted by Gasteiger charge is 2.24. The third-order valence-corrected chi connectivity index (χ3v) is 6.61. The number of hydrogen-bond donors (Lipinski definition) is 3. The van der Waals surface area contributed by atoms with Crippen LogP contribution in [0.3, 0.4) is 0 Å². The minimum atomic E-state index is -0.734. The van der Waals surface area contributed by atoms with E-state index >= 15 is 0 Å². The first kappa shape index (κ1) is 26.1. The molecule has 1 heterocycles. The predicted octanol–water partition coefficient (Wildman–Crippen LogP) is 3.29. The Kier molecular flexibility index (Phi) is 9.68. The van der Waals surface area contributed by atoms with Crippen LogP contribution in [0.5, 0.6) is 11.5 Å². The van der Waals surface area contributed by atoms with Gasteiger partial charge in [-0.1, -0.05) is 43.6 Å². The van der Waals surface area contributed by atoms with Crippen LogP contribution in [0.2, 0.25) is 5.02 Å². The van der Waals surface area contributed by atoms with E-state index in [0.29, 0.717) is 17.3 Å². The summed E-state index contributed by atoms with van der Waals surface area (Å²) in [4.78, 5) is 2.25. The lowest BCUT2D eigenvalue weighted by Crippen LogP contribution is -2.47. The molecule has 0 aromatic heterocycles. The van der Waals surface area contributed by atoms with E-state index in [9.17, 15) is 10.2 Å². The maximum absolute atomic E-state index is 10.3. The van der Waals surface area contributed by atoms with Crippen molar-refractivity contribution in [1.29, 1.82) is 0 Å². The zero-order valence-electron chi connectivity index (χ0n) is 19.3. The van der Waals surface area contributed by atoms with E-state index in [1.54, 1.807) is 0 Å². The van der Waals surface area contributed by atoms with Crippen molar-refractivity contribution in [3.05, 3.63) is 58.6 Å². The molecule has 0 unspecified atom stereocenters. The molecule has 0 radical (unpaired) electrons. The number of rotatable bonds is 11. The molecular formula is C25H34Cl2N2O4. The molecule has 6 nitrogen and oxygen atoms in total. The molecule has 0 spiro atoms. The molecule has 0 saturated carbocycles. The van der Waals surface area contributed by atoms with E-state index in [1.807, 2.05) is 42.5 Å². The van der Waals surface area contributed by atoms with Gasteiger partial charge in [-0.2, -0.15) is 0 Å². The van der Waals surface area contributed by atoms with E-state index < -0.39 is 12.2 Å². The number of nitrogens with zero attached hydrogens (tertiary/aromatic N) is 1. The average Bonchev–Trinajstić information content (AvgIpc) is 2.82. The highest BCUT2D eigenvalue weighted by Crippen LogP contribution is 2.36. The van der Waals surface area contributed by atoms with Crippen LogP contribution in [-0.2, 0) is 5.41 Å². The zero-order valence-corrected chi connectivity index (χ0v) is 20.8. The summed E-state index contributed by atoms with van der Waals surface area (Å²) < 4.78 is 11.4. The fraction of sp³-hybridized carbons (Fsp3) is 0.520. The summed E-state index contributed by atoms with van der Waals surface area (Å²) in [6.07, 6.45) is -1.25. The molecule has 0 aliphatic carbocycles. The number of nitrogens with one attached hydrogen (secondary N) is 1. The van der Waals surface area contributed by atoms with Crippen LogP contribution in [0.15, 0.2) is 42.5 Å². The second-order valence-electron chi connectivity index (χ2n) is 8.93. The van der Waals surface area contributed by atoms with Gasteiger partial charge in [-0.3, -0.25) is 4.90 Å². The molecule has 1 aliphatic heterocycles. The summed E-state index contributed by atoms with van der Waals surface area (Å²) in [7, 11) is 0. The molecule has 0 bridgehead atoms. The minimum Gasteiger partial charge on any atom is -0.491 e. The largest absolute Gasteiger partial charge is 0.491 e. The molecule has 1 aliphatic rings. The van der Waals surface area contributed by atoms with Crippen LogP contribution in [0.1, 0.15) is 25.0 Å². The van der Waals surface area contributed by atoms with Gasteiger partial charge in [-0.15, -0.1) is 11.6 Å². The number of ether oxygens (including phenoxy) is 2. The predicted molar refractivity (Wildman–Crippen MR) is 133 cm³/mol. The summed E-state index contributed by atoms with van der Waals surface area (Å²) in [6.45, 7) is 9.07. The second kappa shape index (κ2) is 12.2. The van der Waals surface area contributed by atoms with Gasteiger partial charge in [0.2, 0.25) is 0 Å². The first-order chi connectivity index (χ1) is 15.8. The number of alkyl halides is 1. The van der Waals surface area contributed by atoms with Gasteiger partial charge in [0.25, 0.3) is 0 Å². The van der Waals surface area contributed by atoms with Crippen molar-refractivity contribution in [2.24, 2.45) is 0 Å². The first-order valence-electron chi connectivity index (χ1n) is 11.3. The SMILES string of the molecule is CC(C)(c1ccc(OC[C@H](O)CN2CCNCC2)cc1)c1ccc(OC[C@@H](O)CCl)c(Cl)c1. The molecule has 2 aromatic carbocycles. The van der Waals surface area contributed by atoms with Crippen LogP contribution >= 0.6 is 23.2 Å².